The average Bonchev–Trinajstić information content (AvgIpc) is 2.93. The van der Waals surface area contributed by atoms with Crippen LogP contribution in [0.25, 0.3) is 22.5 Å². The lowest BCUT2D eigenvalue weighted by molar-refractivity contribution is 0.591. The predicted octanol–water partition coefficient (Wildman–Crippen LogP) is 5.07. The highest BCUT2D eigenvalue weighted by molar-refractivity contribution is 6.48. The van der Waals surface area contributed by atoms with E-state index in [2.05, 4.69) is 9.97 Å². The molecule has 0 spiro atoms. The van der Waals surface area contributed by atoms with Gasteiger partial charge >= 0.3 is 15.0 Å². The van der Waals surface area contributed by atoms with E-state index >= 15 is 0 Å². The van der Waals surface area contributed by atoms with E-state index in [0.29, 0.717) is 11.5 Å². The molecule has 0 amide bonds. The molecule has 0 aliphatic heterocycles. The molecule has 4 nitrogen and oxygen atoms in total. The van der Waals surface area contributed by atoms with Gasteiger partial charge in [0.15, 0.2) is 0 Å². The van der Waals surface area contributed by atoms with Crippen LogP contribution in [0.15, 0.2) is 109 Å². The van der Waals surface area contributed by atoms with Crippen molar-refractivity contribution in [3.05, 3.63) is 121 Å². The maximum atomic E-state index is 6.25. The summed E-state index contributed by atoms with van der Waals surface area (Å²) in [6, 6.07) is 31.9. The highest BCUT2D eigenvalue weighted by Gasteiger charge is 2.18. The highest BCUT2D eigenvalue weighted by Crippen LogP contribution is 2.40. The Kier molecular flexibility index (Phi) is 7.13. The first-order valence-corrected chi connectivity index (χ1v) is 11.8. The quantitative estimate of drug-likeness (QED) is 0.300. The molecule has 172 valence electrons. The van der Waals surface area contributed by atoms with E-state index < -0.39 is 0 Å². The normalized spacial score (nSPS) is 10.5. The molecule has 2 heterocycles. The van der Waals surface area contributed by atoms with Crippen molar-refractivity contribution in [2.45, 2.75) is 13.8 Å². The molecule has 0 bridgehead atoms. The van der Waals surface area contributed by atoms with Crippen LogP contribution in [-0.2, 0) is 0 Å². The van der Waals surface area contributed by atoms with Crippen molar-refractivity contribution in [1.29, 1.82) is 0 Å². The van der Waals surface area contributed by atoms with Crippen molar-refractivity contribution in [3.63, 3.8) is 0 Å². The summed E-state index contributed by atoms with van der Waals surface area (Å²) < 4.78 is 12.5. The summed E-state index contributed by atoms with van der Waals surface area (Å²) >= 11 is 0. The molecule has 0 aliphatic rings. The van der Waals surface area contributed by atoms with Gasteiger partial charge in [0.2, 0.25) is 0 Å². The number of benzene rings is 3. The van der Waals surface area contributed by atoms with Crippen molar-refractivity contribution < 1.29 is 9.31 Å². The lowest BCUT2D eigenvalue weighted by Gasteiger charge is -2.18. The zero-order chi connectivity index (χ0) is 24.7. The molecular weight excluding hydrogens is 442 g/mol. The third kappa shape index (κ3) is 5.66. The summed E-state index contributed by atoms with van der Waals surface area (Å²) in [7, 11) is 3.49. The molecule has 5 rings (SSSR count). The Hall–Kier alpha value is -4.31. The van der Waals surface area contributed by atoms with Crippen molar-refractivity contribution in [1.82, 2.24) is 9.97 Å². The lowest BCUT2D eigenvalue weighted by Crippen LogP contribution is -2.21. The van der Waals surface area contributed by atoms with Gasteiger partial charge in [-0.25, -0.2) is 0 Å². The molecule has 0 saturated heterocycles. The molecule has 0 aliphatic carbocycles. The number of nitrogens with zero attached hydrogens (tertiary/aromatic N) is 2. The van der Waals surface area contributed by atoms with Crippen molar-refractivity contribution in [2.24, 2.45) is 0 Å². The Labute approximate surface area is 213 Å². The zero-order valence-corrected chi connectivity index (χ0v) is 20.3. The van der Waals surface area contributed by atoms with E-state index in [9.17, 15) is 0 Å². The molecule has 3 aromatic carbocycles. The van der Waals surface area contributed by atoms with Crippen molar-refractivity contribution >= 4 is 25.9 Å². The van der Waals surface area contributed by atoms with Crippen LogP contribution in [0.5, 0.6) is 11.5 Å². The van der Waals surface area contributed by atoms with Crippen molar-refractivity contribution in [3.8, 4) is 34.0 Å². The van der Waals surface area contributed by atoms with Gasteiger partial charge in [-0.1, -0.05) is 72.8 Å². The van der Waals surface area contributed by atoms with E-state index in [-0.39, 0.29) is 0 Å². The van der Waals surface area contributed by atoms with E-state index in [4.69, 9.17) is 9.31 Å². The largest absolute Gasteiger partial charge is 0.557 e. The van der Waals surface area contributed by atoms with Crippen LogP contribution in [0.2, 0.25) is 0 Å². The molecule has 6 heteroatoms. The van der Waals surface area contributed by atoms with Crippen LogP contribution >= 0.6 is 0 Å². The van der Waals surface area contributed by atoms with Crippen LogP contribution in [0.3, 0.4) is 0 Å². The number of hydrogen-bond donors (Lipinski definition) is 0. The third-order valence-electron chi connectivity index (χ3n) is 5.70. The van der Waals surface area contributed by atoms with Crippen LogP contribution < -0.4 is 20.2 Å². The summed E-state index contributed by atoms with van der Waals surface area (Å²) in [6.07, 6.45) is 3.71. The molecule has 0 unspecified atom stereocenters. The van der Waals surface area contributed by atoms with Gasteiger partial charge in [0, 0.05) is 23.5 Å². The van der Waals surface area contributed by atoms with Gasteiger partial charge in [0.1, 0.15) is 11.5 Å². The molecule has 0 fully saturated rings. The lowest BCUT2D eigenvalue weighted by atomic mass is 9.87. The molecule has 0 saturated carbocycles. The number of rotatable bonds is 8. The molecule has 2 radical (unpaired) electrons. The topological polar surface area (TPSA) is 44.2 Å². The first kappa shape index (κ1) is 23.4. The van der Waals surface area contributed by atoms with Gasteiger partial charge in [-0.2, -0.15) is 0 Å². The Balaban J connectivity index is 1.59. The summed E-state index contributed by atoms with van der Waals surface area (Å²) in [6.45, 7) is 4.04. The minimum atomic E-state index is 0.666. The second-order valence-corrected chi connectivity index (χ2v) is 8.58. The third-order valence-corrected chi connectivity index (χ3v) is 5.70. The summed E-state index contributed by atoms with van der Waals surface area (Å²) in [5.74, 6) is 1.33. The Morgan fingerprint density at radius 2 is 0.944 bits per heavy atom. The predicted molar refractivity (Wildman–Crippen MR) is 147 cm³/mol. The summed E-state index contributed by atoms with van der Waals surface area (Å²) in [4.78, 5) is 9.32. The first-order valence-electron chi connectivity index (χ1n) is 11.8. The van der Waals surface area contributed by atoms with E-state index in [1.54, 1.807) is 15.0 Å². The fourth-order valence-corrected chi connectivity index (χ4v) is 3.74. The van der Waals surface area contributed by atoms with Gasteiger partial charge in [-0.05, 0) is 60.2 Å². The molecule has 0 N–H and O–H groups in total. The Bertz CT molecular complexity index is 1310. The SMILES string of the molecule is Cc1ccc(-c2cc(O[B]c3ccccc3)c(-c3ccc(C)cn3)cc2O[B]c2ccccc2)nc1. The van der Waals surface area contributed by atoms with Gasteiger partial charge < -0.3 is 9.31 Å². The van der Waals surface area contributed by atoms with Crippen LogP contribution in [0.4, 0.5) is 0 Å². The first-order chi connectivity index (χ1) is 17.7. The van der Waals surface area contributed by atoms with Gasteiger partial charge in [-0.15, -0.1) is 0 Å². The monoisotopic (exact) mass is 466 g/mol. The standard InChI is InChI=1S/C30H24B2N2O2/c1-21-13-15-27(33-19-21)25-17-30(36-32-24-11-7-4-8-12-24)26(28-16-14-22(2)20-34-28)18-29(25)35-31-23-9-5-3-6-10-23/h3-20H,1-2H3. The number of aryl methyl sites for hydroxylation is 2. The summed E-state index contributed by atoms with van der Waals surface area (Å²) in [5.41, 5.74) is 7.36. The number of hydrogen-bond acceptors (Lipinski definition) is 4. The fraction of sp³-hybridized carbons (Fsp3) is 0.0667. The smallest absolute Gasteiger partial charge is 0.408 e. The van der Waals surface area contributed by atoms with Gasteiger partial charge in [0.25, 0.3) is 0 Å². The minimum Gasteiger partial charge on any atom is -0.557 e. The van der Waals surface area contributed by atoms with E-state index in [0.717, 1.165) is 44.6 Å². The van der Waals surface area contributed by atoms with Crippen molar-refractivity contribution in [2.75, 3.05) is 0 Å². The zero-order valence-electron chi connectivity index (χ0n) is 20.3. The molecule has 2 aromatic heterocycles. The van der Waals surface area contributed by atoms with E-state index in [1.807, 2.05) is 123 Å². The summed E-state index contributed by atoms with van der Waals surface area (Å²) in [5, 5.41) is 0. The van der Waals surface area contributed by atoms with Crippen LogP contribution in [0.1, 0.15) is 11.1 Å². The minimum absolute atomic E-state index is 0.666. The maximum Gasteiger partial charge on any atom is 0.408 e. The molecular formula is C30H24B2N2O2. The molecule has 36 heavy (non-hydrogen) atoms. The second kappa shape index (κ2) is 11.0. The maximum absolute atomic E-state index is 6.25. The van der Waals surface area contributed by atoms with Gasteiger partial charge in [-0.3, -0.25) is 9.97 Å². The molecule has 5 aromatic rings. The van der Waals surface area contributed by atoms with E-state index in [1.165, 1.54) is 0 Å². The van der Waals surface area contributed by atoms with Crippen LogP contribution in [-0.4, -0.2) is 24.9 Å². The van der Waals surface area contributed by atoms with Crippen LogP contribution in [0, 0.1) is 13.8 Å². The number of pyridine rings is 2. The average molecular weight is 466 g/mol. The number of aromatic nitrogens is 2. The second-order valence-electron chi connectivity index (χ2n) is 8.58. The van der Waals surface area contributed by atoms with Gasteiger partial charge in [0.05, 0.1) is 11.4 Å². The molecule has 0 atom stereocenters. The Morgan fingerprint density at radius 3 is 1.31 bits per heavy atom. The Morgan fingerprint density at radius 1 is 0.528 bits per heavy atom. The highest BCUT2D eigenvalue weighted by atomic mass is 16.4. The fourth-order valence-electron chi connectivity index (χ4n) is 3.74.